The smallest absolute Gasteiger partial charge is 0.309 e. The molecule has 6 heteroatoms. The van der Waals surface area contributed by atoms with Gasteiger partial charge in [-0.15, -0.1) is 0 Å². The fourth-order valence-electron chi connectivity index (χ4n) is 5.07. The number of carbonyl (C=O) groups excluding carboxylic acids is 2. The van der Waals surface area contributed by atoms with Crippen LogP contribution in [0.2, 0.25) is 0 Å². The highest BCUT2D eigenvalue weighted by Crippen LogP contribution is 2.48. The highest BCUT2D eigenvalue weighted by molar-refractivity contribution is 6.02. The van der Waals surface area contributed by atoms with E-state index >= 15 is 0 Å². The van der Waals surface area contributed by atoms with Gasteiger partial charge < -0.3 is 18.9 Å². The minimum absolute atomic E-state index is 0.0221. The van der Waals surface area contributed by atoms with E-state index in [1.807, 2.05) is 30.3 Å². The Hall–Kier alpha value is -3.02. The van der Waals surface area contributed by atoms with Crippen molar-refractivity contribution < 1.29 is 28.5 Å². The van der Waals surface area contributed by atoms with Gasteiger partial charge in [-0.05, 0) is 55.4 Å². The van der Waals surface area contributed by atoms with Crippen LogP contribution in [0.3, 0.4) is 0 Å². The van der Waals surface area contributed by atoms with Crippen molar-refractivity contribution in [2.75, 3.05) is 20.8 Å². The maximum Gasteiger partial charge on any atom is 0.309 e. The number of ether oxygens (including phenoxy) is 4. The Morgan fingerprint density at radius 1 is 0.939 bits per heavy atom. The van der Waals surface area contributed by atoms with Gasteiger partial charge in [0.1, 0.15) is 12.2 Å². The molecule has 0 heterocycles. The van der Waals surface area contributed by atoms with Crippen molar-refractivity contribution in [2.24, 2.45) is 5.92 Å². The maximum absolute atomic E-state index is 12.6. The minimum atomic E-state index is -0.570. The normalized spacial score (nSPS) is 18.7. The van der Waals surface area contributed by atoms with Crippen molar-refractivity contribution in [3.63, 3.8) is 0 Å². The average Bonchev–Trinajstić information content (AvgIpc) is 3.21. The van der Waals surface area contributed by atoms with Crippen LogP contribution in [0.1, 0.15) is 60.9 Å². The average molecular weight is 451 g/mol. The Morgan fingerprint density at radius 2 is 1.70 bits per heavy atom. The predicted octanol–water partition coefficient (Wildman–Crippen LogP) is 5.14. The standard InChI is InChI=1S/C27H30O6/c1-30-23-13-11-21(18-8-5-9-20-19(18)10-12-22(20)28)24(25(23)31-2)32-16-27(14-15-27)33-26(29)17-6-3-4-7-17/h5,8-9,11,13,17H,3-4,6-7,10,12,14-16H2,1-2H3. The van der Waals surface area contributed by atoms with Gasteiger partial charge in [-0.1, -0.05) is 31.0 Å². The van der Waals surface area contributed by atoms with Crippen molar-refractivity contribution >= 4 is 11.8 Å². The van der Waals surface area contributed by atoms with Crippen LogP contribution < -0.4 is 14.2 Å². The molecule has 0 radical (unpaired) electrons. The maximum atomic E-state index is 12.6. The number of methoxy groups -OCH3 is 2. The SMILES string of the molecule is COc1ccc(-c2cccc3c2CCC3=O)c(OCC2(OC(=O)C3CCCC3)CC2)c1OC. The summed E-state index contributed by atoms with van der Waals surface area (Å²) in [4.78, 5) is 24.9. The number of ketones is 1. The highest BCUT2D eigenvalue weighted by Gasteiger charge is 2.49. The molecule has 0 N–H and O–H groups in total. The van der Waals surface area contributed by atoms with Gasteiger partial charge >= 0.3 is 5.97 Å². The predicted molar refractivity (Wildman–Crippen MR) is 123 cm³/mol. The number of Topliss-reactive ketones (excluding diaryl/α,β-unsaturated/α-hetero) is 1. The van der Waals surface area contributed by atoms with E-state index in [0.717, 1.165) is 60.8 Å². The van der Waals surface area contributed by atoms with Crippen molar-refractivity contribution in [1.82, 2.24) is 0 Å². The van der Waals surface area contributed by atoms with Crippen molar-refractivity contribution in [1.29, 1.82) is 0 Å². The third-order valence-corrected chi connectivity index (χ3v) is 7.16. The molecule has 2 aromatic rings. The first-order valence-corrected chi connectivity index (χ1v) is 11.8. The zero-order valence-corrected chi connectivity index (χ0v) is 19.3. The van der Waals surface area contributed by atoms with Gasteiger partial charge in [0.05, 0.1) is 20.1 Å². The Labute approximate surface area is 194 Å². The first-order chi connectivity index (χ1) is 16.0. The lowest BCUT2D eigenvalue weighted by Crippen LogP contribution is -2.30. The summed E-state index contributed by atoms with van der Waals surface area (Å²) in [5, 5.41) is 0. The van der Waals surface area contributed by atoms with Crippen LogP contribution in [-0.2, 0) is 16.0 Å². The van der Waals surface area contributed by atoms with Gasteiger partial charge in [-0.3, -0.25) is 9.59 Å². The van der Waals surface area contributed by atoms with E-state index in [1.54, 1.807) is 14.2 Å². The Kier molecular flexibility index (Phi) is 5.77. The van der Waals surface area contributed by atoms with Crippen molar-refractivity contribution in [2.45, 2.75) is 57.0 Å². The number of fused-ring (bicyclic) bond motifs is 1. The largest absolute Gasteiger partial charge is 0.493 e. The Bertz CT molecular complexity index is 1080. The van der Waals surface area contributed by atoms with Crippen LogP contribution in [0.25, 0.3) is 11.1 Å². The molecule has 0 bridgehead atoms. The molecule has 2 aromatic carbocycles. The molecule has 3 aliphatic rings. The van der Waals surface area contributed by atoms with Gasteiger partial charge in [0.15, 0.2) is 17.3 Å². The van der Waals surface area contributed by atoms with Gasteiger partial charge in [-0.25, -0.2) is 0 Å². The van der Waals surface area contributed by atoms with E-state index in [4.69, 9.17) is 18.9 Å². The second-order valence-corrected chi connectivity index (χ2v) is 9.31. The van der Waals surface area contributed by atoms with Crippen molar-refractivity contribution in [3.05, 3.63) is 41.5 Å². The van der Waals surface area contributed by atoms with Crippen LogP contribution in [0.5, 0.6) is 17.2 Å². The van der Waals surface area contributed by atoms with Gasteiger partial charge in [0.25, 0.3) is 0 Å². The summed E-state index contributed by atoms with van der Waals surface area (Å²) in [5.74, 6) is 1.71. The topological polar surface area (TPSA) is 71.1 Å². The summed E-state index contributed by atoms with van der Waals surface area (Å²) in [6, 6.07) is 9.60. The summed E-state index contributed by atoms with van der Waals surface area (Å²) >= 11 is 0. The Balaban J connectivity index is 1.46. The quantitative estimate of drug-likeness (QED) is 0.519. The van der Waals surface area contributed by atoms with Crippen LogP contribution in [0.15, 0.2) is 30.3 Å². The number of esters is 1. The summed E-state index contributed by atoms with van der Waals surface area (Å²) < 4.78 is 23.5. The molecule has 6 nitrogen and oxygen atoms in total. The molecular weight excluding hydrogens is 420 g/mol. The second kappa shape index (κ2) is 8.73. The molecule has 0 saturated heterocycles. The molecule has 2 fully saturated rings. The van der Waals surface area contributed by atoms with Gasteiger partial charge in [0.2, 0.25) is 5.75 Å². The Morgan fingerprint density at radius 3 is 2.39 bits per heavy atom. The molecular formula is C27H30O6. The lowest BCUT2D eigenvalue weighted by atomic mass is 9.95. The molecule has 0 unspecified atom stereocenters. The fraction of sp³-hybridized carbons (Fsp3) is 0.481. The number of benzene rings is 2. The molecule has 174 valence electrons. The first-order valence-electron chi connectivity index (χ1n) is 11.8. The van der Waals surface area contributed by atoms with E-state index in [2.05, 4.69) is 0 Å². The number of hydrogen-bond acceptors (Lipinski definition) is 6. The lowest BCUT2D eigenvalue weighted by Gasteiger charge is -2.23. The molecule has 0 aromatic heterocycles. The summed E-state index contributed by atoms with van der Waals surface area (Å²) in [6.07, 6.45) is 6.85. The van der Waals surface area contributed by atoms with E-state index in [9.17, 15) is 9.59 Å². The lowest BCUT2D eigenvalue weighted by molar-refractivity contribution is -0.157. The molecule has 3 aliphatic carbocycles. The first kappa shape index (κ1) is 21.8. The third-order valence-electron chi connectivity index (χ3n) is 7.16. The minimum Gasteiger partial charge on any atom is -0.493 e. The zero-order valence-electron chi connectivity index (χ0n) is 19.3. The molecule has 2 saturated carbocycles. The van der Waals surface area contributed by atoms with Gasteiger partial charge in [-0.2, -0.15) is 0 Å². The van der Waals surface area contributed by atoms with E-state index in [-0.39, 0.29) is 24.3 Å². The molecule has 0 aliphatic heterocycles. The molecule has 0 spiro atoms. The van der Waals surface area contributed by atoms with Gasteiger partial charge in [0, 0.05) is 17.5 Å². The molecule has 0 atom stereocenters. The van der Waals surface area contributed by atoms with E-state index in [1.165, 1.54) is 0 Å². The molecule has 33 heavy (non-hydrogen) atoms. The summed E-state index contributed by atoms with van der Waals surface area (Å²) in [7, 11) is 3.17. The van der Waals surface area contributed by atoms with Crippen molar-refractivity contribution in [3.8, 4) is 28.4 Å². The summed E-state index contributed by atoms with van der Waals surface area (Å²) in [6.45, 7) is 0.260. The second-order valence-electron chi connectivity index (χ2n) is 9.31. The summed E-state index contributed by atoms with van der Waals surface area (Å²) in [5.41, 5.74) is 3.05. The number of rotatable bonds is 8. The van der Waals surface area contributed by atoms with E-state index in [0.29, 0.717) is 30.1 Å². The monoisotopic (exact) mass is 450 g/mol. The third kappa shape index (κ3) is 4.07. The van der Waals surface area contributed by atoms with Crippen LogP contribution in [-0.4, -0.2) is 38.2 Å². The molecule has 5 rings (SSSR count). The molecule has 0 amide bonds. The zero-order chi connectivity index (χ0) is 23.0. The van der Waals surface area contributed by atoms with E-state index < -0.39 is 5.60 Å². The fourth-order valence-corrected chi connectivity index (χ4v) is 5.07. The van der Waals surface area contributed by atoms with Crippen LogP contribution >= 0.6 is 0 Å². The number of carbonyl (C=O) groups is 2. The number of hydrogen-bond donors (Lipinski definition) is 0. The van der Waals surface area contributed by atoms with Crippen LogP contribution in [0, 0.1) is 5.92 Å². The van der Waals surface area contributed by atoms with Crippen LogP contribution in [0.4, 0.5) is 0 Å². The highest BCUT2D eigenvalue weighted by atomic mass is 16.6.